The maximum atomic E-state index is 13.2. The van der Waals surface area contributed by atoms with Crippen LogP contribution in [0.2, 0.25) is 0 Å². The van der Waals surface area contributed by atoms with Crippen LogP contribution in [0.25, 0.3) is 21.3 Å². The maximum Gasteiger partial charge on any atom is 0.416 e. The van der Waals surface area contributed by atoms with Crippen molar-refractivity contribution >= 4 is 37.4 Å². The van der Waals surface area contributed by atoms with Crippen molar-refractivity contribution in [3.05, 3.63) is 75.8 Å². The molecule has 13 heteroatoms. The molecular weight excluding hydrogens is 636 g/mol. The lowest BCUT2D eigenvalue weighted by Gasteiger charge is -2.32. The Morgan fingerprint density at radius 1 is 1.02 bits per heavy atom. The Balaban J connectivity index is 1.15. The molecule has 0 aliphatic carbocycles. The number of fused-ring (bicyclic) bond motifs is 2. The third-order valence-electron chi connectivity index (χ3n) is 9.13. The minimum atomic E-state index is -4.44. The summed E-state index contributed by atoms with van der Waals surface area (Å²) in [5, 5.41) is 6.01. The lowest BCUT2D eigenvalue weighted by atomic mass is 9.87. The van der Waals surface area contributed by atoms with Gasteiger partial charge in [0.05, 0.1) is 22.4 Å². The van der Waals surface area contributed by atoms with E-state index in [4.69, 9.17) is 5.10 Å². The molecule has 0 spiro atoms. The number of aromatic nitrogens is 2. The molecule has 1 fully saturated rings. The van der Waals surface area contributed by atoms with Gasteiger partial charge in [0, 0.05) is 61.7 Å². The smallest absolute Gasteiger partial charge is 0.344 e. The van der Waals surface area contributed by atoms with E-state index in [1.54, 1.807) is 30.3 Å². The van der Waals surface area contributed by atoms with Crippen molar-refractivity contribution < 1.29 is 26.4 Å². The van der Waals surface area contributed by atoms with Gasteiger partial charge in [-0.2, -0.15) is 22.6 Å². The first-order valence-corrected chi connectivity index (χ1v) is 18.1. The van der Waals surface area contributed by atoms with Gasteiger partial charge in [-0.05, 0) is 74.0 Å². The molecule has 8 nitrogen and oxygen atoms in total. The van der Waals surface area contributed by atoms with Gasteiger partial charge in [-0.3, -0.25) is 9.48 Å². The number of benzene rings is 2. The summed E-state index contributed by atoms with van der Waals surface area (Å²) in [6, 6.07) is 13.2. The number of thiophene rings is 1. The van der Waals surface area contributed by atoms with Crippen molar-refractivity contribution in [1.29, 1.82) is 0 Å². The largest absolute Gasteiger partial charge is 0.416 e. The van der Waals surface area contributed by atoms with Gasteiger partial charge in [0.1, 0.15) is 0 Å². The topological polar surface area (TPSA) is 78.8 Å². The zero-order chi connectivity index (χ0) is 32.8. The Morgan fingerprint density at radius 2 is 1.72 bits per heavy atom. The molecule has 4 aromatic rings. The SMILES string of the molecule is CN(C)C(=O)c1sc2ccccc2c1C1CCN(CCCn2nc(-c3ccc(C(F)(F)F)cc3)c3c2CCN(S(C)(=O)=O)C3)CC1. The van der Waals surface area contributed by atoms with Gasteiger partial charge < -0.3 is 9.80 Å². The predicted molar refractivity (Wildman–Crippen MR) is 174 cm³/mol. The molecule has 2 aliphatic heterocycles. The highest BCUT2D eigenvalue weighted by atomic mass is 32.2. The average molecular weight is 674 g/mol. The number of halogens is 3. The summed E-state index contributed by atoms with van der Waals surface area (Å²) in [5.41, 5.74) is 3.21. The van der Waals surface area contributed by atoms with Gasteiger partial charge in [0.2, 0.25) is 10.0 Å². The summed E-state index contributed by atoms with van der Waals surface area (Å²) in [7, 11) is 0.151. The number of amides is 1. The molecule has 1 saturated heterocycles. The molecule has 0 bridgehead atoms. The number of rotatable bonds is 8. The molecule has 2 aromatic heterocycles. The molecule has 0 saturated carbocycles. The van der Waals surface area contributed by atoms with E-state index in [-0.39, 0.29) is 12.5 Å². The second kappa shape index (κ2) is 12.7. The van der Waals surface area contributed by atoms with Crippen molar-refractivity contribution in [2.45, 2.75) is 50.9 Å². The van der Waals surface area contributed by atoms with Gasteiger partial charge in [-0.1, -0.05) is 30.3 Å². The molecule has 0 radical (unpaired) electrons. The zero-order valence-electron chi connectivity index (χ0n) is 26.2. The van der Waals surface area contributed by atoms with Crippen LogP contribution in [0, 0.1) is 0 Å². The Hall–Kier alpha value is -3.26. The number of carbonyl (C=O) groups excluding carboxylic acids is 1. The molecule has 2 aliphatic rings. The summed E-state index contributed by atoms with van der Waals surface area (Å²) in [5.74, 6) is 0.366. The summed E-state index contributed by atoms with van der Waals surface area (Å²) in [4.78, 5) is 18.0. The maximum absolute atomic E-state index is 13.2. The molecule has 6 rings (SSSR count). The minimum absolute atomic E-state index is 0.0523. The van der Waals surface area contributed by atoms with Crippen molar-refractivity contribution in [3.8, 4) is 11.3 Å². The van der Waals surface area contributed by atoms with Crippen LogP contribution in [0.15, 0.2) is 48.5 Å². The van der Waals surface area contributed by atoms with Crippen LogP contribution in [-0.2, 0) is 35.7 Å². The van der Waals surface area contributed by atoms with Crippen LogP contribution >= 0.6 is 11.3 Å². The highest BCUT2D eigenvalue weighted by Gasteiger charge is 2.33. The summed E-state index contributed by atoms with van der Waals surface area (Å²) in [6.07, 6.45) is -0.0275. The lowest BCUT2D eigenvalue weighted by molar-refractivity contribution is -0.137. The second-order valence-electron chi connectivity index (χ2n) is 12.4. The number of alkyl halides is 3. The van der Waals surface area contributed by atoms with Gasteiger partial charge in [0.15, 0.2) is 0 Å². The highest BCUT2D eigenvalue weighted by Crippen LogP contribution is 2.41. The van der Waals surface area contributed by atoms with E-state index in [1.165, 1.54) is 33.6 Å². The van der Waals surface area contributed by atoms with Gasteiger partial charge in [-0.25, -0.2) is 8.42 Å². The Kier molecular flexibility index (Phi) is 9.05. The third kappa shape index (κ3) is 6.60. The first kappa shape index (κ1) is 32.7. The molecular formula is C33H38F3N5O3S2. The van der Waals surface area contributed by atoms with Crippen molar-refractivity contribution in [2.24, 2.45) is 0 Å². The number of sulfonamides is 1. The Bertz CT molecular complexity index is 1840. The summed E-state index contributed by atoms with van der Waals surface area (Å²) < 4.78 is 68.7. The molecule has 0 atom stereocenters. The number of hydrogen-bond acceptors (Lipinski definition) is 6. The number of piperidine rings is 1. The number of aryl methyl sites for hydroxylation is 1. The fraction of sp³-hybridized carbons (Fsp3) is 0.455. The summed E-state index contributed by atoms with van der Waals surface area (Å²) in [6.45, 7) is 3.81. The van der Waals surface area contributed by atoms with Crippen LogP contribution in [0.1, 0.15) is 57.2 Å². The molecule has 46 heavy (non-hydrogen) atoms. The molecule has 246 valence electrons. The summed E-state index contributed by atoms with van der Waals surface area (Å²) >= 11 is 1.58. The van der Waals surface area contributed by atoms with Gasteiger partial charge in [0.25, 0.3) is 5.91 Å². The van der Waals surface area contributed by atoms with Crippen molar-refractivity contribution in [3.63, 3.8) is 0 Å². The van der Waals surface area contributed by atoms with E-state index in [0.29, 0.717) is 36.7 Å². The monoisotopic (exact) mass is 673 g/mol. The van der Waals surface area contributed by atoms with Gasteiger partial charge >= 0.3 is 6.18 Å². The quantitative estimate of drug-likeness (QED) is 0.227. The van der Waals surface area contributed by atoms with Crippen LogP contribution in [0.4, 0.5) is 13.2 Å². The Morgan fingerprint density at radius 3 is 2.37 bits per heavy atom. The fourth-order valence-corrected chi connectivity index (χ4v) is 8.80. The van der Waals surface area contributed by atoms with Crippen LogP contribution < -0.4 is 0 Å². The first-order valence-electron chi connectivity index (χ1n) is 15.5. The standard InChI is InChI=1S/C33H38F3N5O3S2/c1-38(2)32(42)31-29(25-7-4-5-8-28(25)45-31)22-13-18-39(19-14-22)16-6-17-41-27-15-20-40(46(3,43)44)21-26(27)30(37-41)23-9-11-24(12-10-23)33(34,35)36/h4-5,7-12,22H,6,13-21H2,1-3H3. The second-order valence-corrected chi connectivity index (χ2v) is 15.5. The van der Waals surface area contributed by atoms with E-state index in [9.17, 15) is 26.4 Å². The third-order valence-corrected chi connectivity index (χ3v) is 11.6. The van der Waals surface area contributed by atoms with Crippen molar-refractivity contribution in [2.75, 3.05) is 46.5 Å². The Labute approximate surface area is 271 Å². The molecule has 0 unspecified atom stereocenters. The van der Waals surface area contributed by atoms with E-state index in [2.05, 4.69) is 17.0 Å². The molecule has 2 aromatic carbocycles. The number of nitrogens with zero attached hydrogens (tertiary/aromatic N) is 5. The number of likely N-dealkylation sites (tertiary alicyclic amines) is 1. The van der Waals surface area contributed by atoms with Crippen LogP contribution in [-0.4, -0.2) is 84.7 Å². The lowest BCUT2D eigenvalue weighted by Crippen LogP contribution is -2.36. The van der Waals surface area contributed by atoms with Gasteiger partial charge in [-0.15, -0.1) is 11.3 Å². The highest BCUT2D eigenvalue weighted by molar-refractivity contribution is 7.88. The number of carbonyl (C=O) groups is 1. The first-order chi connectivity index (χ1) is 21.8. The molecule has 1 amide bonds. The fourth-order valence-electron chi connectivity index (χ4n) is 6.71. The zero-order valence-corrected chi connectivity index (χ0v) is 27.8. The minimum Gasteiger partial charge on any atom is -0.344 e. The number of hydrogen-bond donors (Lipinski definition) is 0. The van der Waals surface area contributed by atoms with E-state index >= 15 is 0 Å². The van der Waals surface area contributed by atoms with Crippen LogP contribution in [0.5, 0.6) is 0 Å². The van der Waals surface area contributed by atoms with E-state index in [0.717, 1.165) is 71.9 Å². The van der Waals surface area contributed by atoms with E-state index < -0.39 is 21.8 Å². The predicted octanol–water partition coefficient (Wildman–Crippen LogP) is 6.07. The molecule has 0 N–H and O–H groups in total. The average Bonchev–Trinajstić information content (AvgIpc) is 3.59. The van der Waals surface area contributed by atoms with Crippen molar-refractivity contribution in [1.82, 2.24) is 23.9 Å². The van der Waals surface area contributed by atoms with Crippen LogP contribution in [0.3, 0.4) is 0 Å². The normalized spacial score (nSPS) is 17.0. The van der Waals surface area contributed by atoms with E-state index in [1.807, 2.05) is 16.8 Å². The molecule has 4 heterocycles.